The van der Waals surface area contributed by atoms with Crippen molar-refractivity contribution in [2.45, 2.75) is 44.1 Å². The molecule has 0 radical (unpaired) electrons. The topological polar surface area (TPSA) is 113 Å². The van der Waals surface area contributed by atoms with Crippen LogP contribution in [0.3, 0.4) is 0 Å². The highest BCUT2D eigenvalue weighted by Crippen LogP contribution is 2.37. The van der Waals surface area contributed by atoms with Gasteiger partial charge in [0.1, 0.15) is 6.04 Å². The smallest absolute Gasteiger partial charge is 0.268 e. The molecule has 1 aliphatic rings. The molecule has 2 unspecified atom stereocenters. The normalized spacial score (nSPS) is 17.1. The maximum Gasteiger partial charge on any atom is 0.269 e. The summed E-state index contributed by atoms with van der Waals surface area (Å²) in [6.45, 7) is 3.10. The minimum atomic E-state index is -3.15. The molecule has 35 heavy (non-hydrogen) atoms. The van der Waals surface area contributed by atoms with Crippen LogP contribution in [0.1, 0.15) is 65.0 Å². The van der Waals surface area contributed by atoms with Crippen LogP contribution in [0.15, 0.2) is 70.8 Å². The molecule has 4 rings (SSSR count). The first-order chi connectivity index (χ1) is 16.8. The van der Waals surface area contributed by atoms with Crippen LogP contribution in [0.4, 0.5) is 0 Å². The molecule has 0 saturated carbocycles. The number of hydrogen-bond donors (Lipinski definition) is 1. The second-order valence-corrected chi connectivity index (χ2v) is 11.2. The van der Waals surface area contributed by atoms with Gasteiger partial charge < -0.3 is 0 Å². The molecular formula is C26H30N4O4S. The van der Waals surface area contributed by atoms with Crippen molar-refractivity contribution in [3.8, 4) is 0 Å². The third kappa shape index (κ3) is 5.74. The number of nitrogens with zero attached hydrogens (tertiary/aromatic N) is 3. The number of H-pyrrole nitrogens is 1. The summed E-state index contributed by atoms with van der Waals surface area (Å²) in [6, 6.07) is 17.1. The predicted molar refractivity (Wildman–Crippen MR) is 136 cm³/mol. The molecule has 8 nitrogen and oxygen atoms in total. The fourth-order valence-electron chi connectivity index (χ4n) is 5.01. The molecule has 0 amide bonds. The van der Waals surface area contributed by atoms with Crippen LogP contribution in [0.5, 0.6) is 0 Å². The van der Waals surface area contributed by atoms with Gasteiger partial charge in [-0.15, -0.1) is 0 Å². The largest absolute Gasteiger partial charge is 0.269 e. The molecule has 184 valence electrons. The van der Waals surface area contributed by atoms with Gasteiger partial charge in [0.25, 0.3) is 5.56 Å². The second kappa shape index (κ2) is 10.6. The van der Waals surface area contributed by atoms with E-state index < -0.39 is 21.6 Å². The Kier molecular flexibility index (Phi) is 7.57. The van der Waals surface area contributed by atoms with Crippen molar-refractivity contribution < 1.29 is 8.42 Å². The summed E-state index contributed by atoms with van der Waals surface area (Å²) in [5.41, 5.74) is 4.31. The van der Waals surface area contributed by atoms with Crippen molar-refractivity contribution in [1.29, 1.82) is 0 Å². The summed E-state index contributed by atoms with van der Waals surface area (Å²) in [5.74, 6) is 0.173. The van der Waals surface area contributed by atoms with E-state index in [1.54, 1.807) is 10.4 Å². The van der Waals surface area contributed by atoms with Gasteiger partial charge in [0.2, 0.25) is 10.0 Å². The number of hydrogen-bond acceptors (Lipinski definition) is 6. The summed E-state index contributed by atoms with van der Waals surface area (Å²) >= 11 is 0. The Labute approximate surface area is 205 Å². The minimum Gasteiger partial charge on any atom is -0.268 e. The Morgan fingerprint density at radius 1 is 1.06 bits per heavy atom. The SMILES string of the molecule is Cc1ccccc1C(CC(N=O)c1ccn[nH]c1=O)c1ccc(C2CCN(S(C)(=O)=O)CC2)cc1. The predicted octanol–water partition coefficient (Wildman–Crippen LogP) is 4.25. The van der Waals surface area contributed by atoms with Gasteiger partial charge >= 0.3 is 0 Å². The number of sulfonamides is 1. The fourth-order valence-corrected chi connectivity index (χ4v) is 5.88. The molecule has 3 aromatic rings. The zero-order valence-electron chi connectivity index (χ0n) is 19.9. The Morgan fingerprint density at radius 2 is 1.74 bits per heavy atom. The maximum atomic E-state index is 12.3. The first kappa shape index (κ1) is 24.9. The van der Waals surface area contributed by atoms with E-state index in [0.29, 0.717) is 31.0 Å². The average Bonchev–Trinajstić information content (AvgIpc) is 2.86. The number of rotatable bonds is 8. The Bertz CT molecular complexity index is 1330. The zero-order chi connectivity index (χ0) is 25.0. The maximum absolute atomic E-state index is 12.3. The number of piperidine rings is 1. The lowest BCUT2D eigenvalue weighted by Crippen LogP contribution is -2.37. The molecule has 9 heteroatoms. The van der Waals surface area contributed by atoms with E-state index in [1.165, 1.54) is 18.0 Å². The van der Waals surface area contributed by atoms with Crippen LogP contribution >= 0.6 is 0 Å². The quantitative estimate of drug-likeness (QED) is 0.471. The molecule has 0 aliphatic carbocycles. The van der Waals surface area contributed by atoms with Crippen molar-refractivity contribution in [2.24, 2.45) is 5.18 Å². The molecular weight excluding hydrogens is 464 g/mol. The van der Waals surface area contributed by atoms with Crippen molar-refractivity contribution in [2.75, 3.05) is 19.3 Å². The minimum absolute atomic E-state index is 0.132. The molecule has 2 atom stereocenters. The van der Waals surface area contributed by atoms with Gasteiger partial charge in [0.15, 0.2) is 0 Å². The van der Waals surface area contributed by atoms with Crippen molar-refractivity contribution in [1.82, 2.24) is 14.5 Å². The lowest BCUT2D eigenvalue weighted by atomic mass is 9.81. The lowest BCUT2D eigenvalue weighted by molar-refractivity contribution is 0.321. The van der Waals surface area contributed by atoms with Crippen molar-refractivity contribution >= 4 is 10.0 Å². The highest BCUT2D eigenvalue weighted by molar-refractivity contribution is 7.88. The molecule has 1 aromatic heterocycles. The number of aromatic amines is 1. The number of aromatic nitrogens is 2. The molecule has 2 aromatic carbocycles. The average molecular weight is 495 g/mol. The van der Waals surface area contributed by atoms with E-state index in [0.717, 1.165) is 29.5 Å². The number of benzene rings is 2. The van der Waals surface area contributed by atoms with Gasteiger partial charge in [0, 0.05) is 30.8 Å². The van der Waals surface area contributed by atoms with E-state index in [2.05, 4.69) is 39.6 Å². The highest BCUT2D eigenvalue weighted by atomic mass is 32.2. The molecule has 1 fully saturated rings. The first-order valence-electron chi connectivity index (χ1n) is 11.7. The number of nitrogens with one attached hydrogen (secondary N) is 1. The summed E-state index contributed by atoms with van der Waals surface area (Å²) in [6.07, 6.45) is 4.65. The number of aryl methyl sites for hydroxylation is 1. The third-order valence-corrected chi connectivity index (χ3v) is 8.30. The molecule has 1 saturated heterocycles. The van der Waals surface area contributed by atoms with Gasteiger partial charge in [0.05, 0.1) is 6.26 Å². The third-order valence-electron chi connectivity index (χ3n) is 7.00. The molecule has 2 heterocycles. The van der Waals surface area contributed by atoms with Crippen molar-refractivity contribution in [3.05, 3.63) is 104 Å². The molecule has 0 bridgehead atoms. The summed E-state index contributed by atoms with van der Waals surface area (Å²) in [7, 11) is -3.15. The van der Waals surface area contributed by atoms with Gasteiger partial charge in [-0.25, -0.2) is 17.8 Å². The first-order valence-corrected chi connectivity index (χ1v) is 13.6. The Balaban J connectivity index is 1.61. The van der Waals surface area contributed by atoms with Gasteiger partial charge in [-0.1, -0.05) is 53.7 Å². The summed E-state index contributed by atoms with van der Waals surface area (Å²) in [5, 5.41) is 9.42. The van der Waals surface area contributed by atoms with E-state index in [1.807, 2.05) is 31.2 Å². The van der Waals surface area contributed by atoms with Gasteiger partial charge in [-0.2, -0.15) is 10.0 Å². The lowest BCUT2D eigenvalue weighted by Gasteiger charge is -2.30. The van der Waals surface area contributed by atoms with Gasteiger partial charge in [-0.05, 0) is 60.4 Å². The standard InChI is InChI=1S/C26H30N4O4S/c1-18-5-3-4-6-22(18)24(17-25(29-32)23-11-14-27-28-26(23)31)21-9-7-19(8-10-21)20-12-15-30(16-13-20)35(2,33)34/h3-11,14,20,24-25H,12-13,15-17H2,1-2H3,(H,28,31). The highest BCUT2D eigenvalue weighted by Gasteiger charge is 2.27. The summed E-state index contributed by atoms with van der Waals surface area (Å²) < 4.78 is 25.2. The molecule has 1 aliphatic heterocycles. The van der Waals surface area contributed by atoms with Crippen LogP contribution in [0.25, 0.3) is 0 Å². The van der Waals surface area contributed by atoms with Gasteiger partial charge in [-0.3, -0.25) is 4.79 Å². The van der Waals surface area contributed by atoms with E-state index in [4.69, 9.17) is 0 Å². The zero-order valence-corrected chi connectivity index (χ0v) is 20.7. The van der Waals surface area contributed by atoms with Crippen LogP contribution in [-0.4, -0.2) is 42.3 Å². The van der Waals surface area contributed by atoms with Crippen LogP contribution < -0.4 is 5.56 Å². The summed E-state index contributed by atoms with van der Waals surface area (Å²) in [4.78, 5) is 24.1. The van der Waals surface area contributed by atoms with E-state index >= 15 is 0 Å². The monoisotopic (exact) mass is 494 g/mol. The molecule has 1 N–H and O–H groups in total. The van der Waals surface area contributed by atoms with Crippen LogP contribution in [-0.2, 0) is 10.0 Å². The second-order valence-electron chi connectivity index (χ2n) is 9.21. The Morgan fingerprint density at radius 3 is 2.34 bits per heavy atom. The van der Waals surface area contributed by atoms with Crippen LogP contribution in [0, 0.1) is 11.8 Å². The van der Waals surface area contributed by atoms with E-state index in [9.17, 15) is 18.1 Å². The number of nitroso groups, excluding NO2 is 1. The Hall–Kier alpha value is -3.17. The molecule has 0 spiro atoms. The van der Waals surface area contributed by atoms with Crippen molar-refractivity contribution in [3.63, 3.8) is 0 Å². The van der Waals surface area contributed by atoms with E-state index in [-0.39, 0.29) is 5.92 Å². The van der Waals surface area contributed by atoms with Crippen LogP contribution in [0.2, 0.25) is 0 Å². The fraction of sp³-hybridized carbons (Fsp3) is 0.385.